The highest BCUT2D eigenvalue weighted by molar-refractivity contribution is 7.79. The van der Waals surface area contributed by atoms with E-state index in [2.05, 4.69) is 29.1 Å². The van der Waals surface area contributed by atoms with Crippen molar-refractivity contribution in [3.63, 3.8) is 0 Å². The van der Waals surface area contributed by atoms with Gasteiger partial charge in [0.2, 0.25) is 0 Å². The van der Waals surface area contributed by atoms with Gasteiger partial charge in [-0.05, 0) is 19.1 Å². The third-order valence-corrected chi connectivity index (χ3v) is 0.409. The summed E-state index contributed by atoms with van der Waals surface area (Å²) in [4.78, 5) is 4.46. The predicted molar refractivity (Wildman–Crippen MR) is 35.8 cm³/mol. The Balaban J connectivity index is 3.18. The zero-order valence-electron chi connectivity index (χ0n) is 4.60. The van der Waals surface area contributed by atoms with Gasteiger partial charge in [0.1, 0.15) is 0 Å². The lowest BCUT2D eigenvalue weighted by Crippen LogP contribution is -2.22. The van der Waals surface area contributed by atoms with Crippen LogP contribution in [0.5, 0.6) is 0 Å². The molecular weight excluding hydrogens is 124 g/mol. The van der Waals surface area contributed by atoms with Crippen molar-refractivity contribution in [2.45, 2.75) is 6.92 Å². The maximum Gasteiger partial charge on any atom is 0.283 e. The first-order chi connectivity index (χ1) is 3.63. The minimum Gasteiger partial charge on any atom is -0.358 e. The molecule has 0 rings (SSSR count). The summed E-state index contributed by atoms with van der Waals surface area (Å²) in [7, 11) is 0. The fourth-order valence-electron chi connectivity index (χ4n) is 0.137. The summed E-state index contributed by atoms with van der Waals surface area (Å²) in [5.74, 6) is 0. The number of nitrogens with two attached hydrogens (primary N) is 1. The van der Waals surface area contributed by atoms with Crippen LogP contribution in [-0.2, 0) is 4.84 Å². The first kappa shape index (κ1) is 7.23. The Kier molecular flexibility index (Phi) is 2.95. The summed E-state index contributed by atoms with van der Waals surface area (Å²) < 4.78 is 0. The summed E-state index contributed by atoms with van der Waals surface area (Å²) >= 11 is 4.37. The average Bonchev–Trinajstić information content (AvgIpc) is 1.61. The summed E-state index contributed by atoms with van der Waals surface area (Å²) in [5.41, 5.74) is 8.00. The second kappa shape index (κ2) is 3.26. The molecule has 0 atom stereocenters. The van der Waals surface area contributed by atoms with Crippen LogP contribution >= 0.6 is 12.2 Å². The molecule has 0 heterocycles. The van der Waals surface area contributed by atoms with E-state index < -0.39 is 0 Å². The van der Waals surface area contributed by atoms with Gasteiger partial charge in [0.05, 0.1) is 0 Å². The molecule has 0 aliphatic heterocycles. The van der Waals surface area contributed by atoms with E-state index in [0.717, 1.165) is 0 Å². The zero-order valence-corrected chi connectivity index (χ0v) is 5.42. The smallest absolute Gasteiger partial charge is 0.283 e. The number of nitrogens with one attached hydrogen (secondary N) is 1. The topological polar surface area (TPSA) is 47.3 Å². The summed E-state index contributed by atoms with van der Waals surface area (Å²) in [6.07, 6.45) is 0. The SMILES string of the molecule is C=C(C)NOC(N)=S. The van der Waals surface area contributed by atoms with E-state index in [-0.39, 0.29) is 5.17 Å². The standard InChI is InChI=1S/C4H8N2OS/c1-3(2)6-7-4(5)8/h6H,1H2,2H3,(H2,5,8). The molecule has 0 fully saturated rings. The van der Waals surface area contributed by atoms with Crippen LogP contribution in [0.4, 0.5) is 0 Å². The third-order valence-electron chi connectivity index (χ3n) is 0.326. The third kappa shape index (κ3) is 5.23. The lowest BCUT2D eigenvalue weighted by molar-refractivity contribution is 0.218. The van der Waals surface area contributed by atoms with Crippen LogP contribution in [0.25, 0.3) is 0 Å². The van der Waals surface area contributed by atoms with Crippen LogP contribution in [-0.4, -0.2) is 5.17 Å². The maximum atomic E-state index is 4.95. The summed E-state index contributed by atoms with van der Waals surface area (Å²) in [6.45, 7) is 5.21. The molecule has 0 spiro atoms. The predicted octanol–water partition coefficient (Wildman–Crippen LogP) is 0.285. The van der Waals surface area contributed by atoms with E-state index in [1.54, 1.807) is 6.92 Å². The molecule has 8 heavy (non-hydrogen) atoms. The van der Waals surface area contributed by atoms with Gasteiger partial charge in [0.25, 0.3) is 5.17 Å². The van der Waals surface area contributed by atoms with Crippen molar-refractivity contribution in [2.24, 2.45) is 5.73 Å². The number of allylic oxidation sites excluding steroid dienone is 1. The second-order valence-electron chi connectivity index (χ2n) is 1.30. The second-order valence-corrected chi connectivity index (χ2v) is 1.71. The normalized spacial score (nSPS) is 7.62. The van der Waals surface area contributed by atoms with Gasteiger partial charge in [0, 0.05) is 5.70 Å². The summed E-state index contributed by atoms with van der Waals surface area (Å²) in [5, 5.41) is -0.0343. The minimum atomic E-state index is -0.0343. The Morgan fingerprint density at radius 3 is 2.50 bits per heavy atom. The monoisotopic (exact) mass is 132 g/mol. The van der Waals surface area contributed by atoms with Gasteiger partial charge in [-0.1, -0.05) is 6.58 Å². The Bertz CT molecular complexity index is 98.6. The lowest BCUT2D eigenvalue weighted by atomic mass is 10.6. The highest BCUT2D eigenvalue weighted by Gasteiger charge is 1.83. The molecule has 0 amide bonds. The van der Waals surface area contributed by atoms with Crippen LogP contribution in [0, 0.1) is 0 Å². The van der Waals surface area contributed by atoms with Gasteiger partial charge in [-0.15, -0.1) is 0 Å². The number of thiocarbonyl (C=S) groups is 1. The van der Waals surface area contributed by atoms with Gasteiger partial charge < -0.3 is 10.6 Å². The lowest BCUT2D eigenvalue weighted by Gasteiger charge is -2.02. The van der Waals surface area contributed by atoms with E-state index in [1.807, 2.05) is 0 Å². The molecule has 0 unspecified atom stereocenters. The van der Waals surface area contributed by atoms with Crippen LogP contribution in [0.15, 0.2) is 12.3 Å². The van der Waals surface area contributed by atoms with E-state index in [0.29, 0.717) is 5.70 Å². The van der Waals surface area contributed by atoms with Gasteiger partial charge in [0.15, 0.2) is 0 Å². The van der Waals surface area contributed by atoms with E-state index >= 15 is 0 Å². The Morgan fingerprint density at radius 1 is 1.88 bits per heavy atom. The quantitative estimate of drug-likeness (QED) is 0.418. The molecule has 4 heteroatoms. The molecule has 46 valence electrons. The molecular formula is C4H8N2OS. The highest BCUT2D eigenvalue weighted by atomic mass is 32.1. The highest BCUT2D eigenvalue weighted by Crippen LogP contribution is 1.76. The van der Waals surface area contributed by atoms with Crippen LogP contribution in [0.1, 0.15) is 6.92 Å². The Labute approximate surface area is 53.5 Å². The molecule has 0 aromatic carbocycles. The first-order valence-corrected chi connectivity index (χ1v) is 2.41. The molecule has 0 aromatic heterocycles. The molecule has 0 aromatic rings. The molecule has 0 aliphatic rings. The van der Waals surface area contributed by atoms with Crippen LogP contribution in [0.3, 0.4) is 0 Å². The van der Waals surface area contributed by atoms with Crippen molar-refractivity contribution in [3.05, 3.63) is 12.3 Å². The number of hydrogen-bond acceptors (Lipinski definition) is 3. The van der Waals surface area contributed by atoms with Crippen LogP contribution in [0.2, 0.25) is 0 Å². The number of rotatable bonds is 2. The first-order valence-electron chi connectivity index (χ1n) is 2.00. The van der Waals surface area contributed by atoms with Gasteiger partial charge >= 0.3 is 0 Å². The maximum absolute atomic E-state index is 4.95. The zero-order chi connectivity index (χ0) is 6.57. The van der Waals surface area contributed by atoms with Crippen molar-refractivity contribution >= 4 is 17.4 Å². The molecule has 0 radical (unpaired) electrons. The van der Waals surface area contributed by atoms with E-state index in [4.69, 9.17) is 5.73 Å². The van der Waals surface area contributed by atoms with Gasteiger partial charge in [-0.3, -0.25) is 0 Å². The molecule has 0 saturated carbocycles. The minimum absolute atomic E-state index is 0.0343. The van der Waals surface area contributed by atoms with Gasteiger partial charge in [-0.25, -0.2) is 5.48 Å². The number of hydroxylamine groups is 1. The Morgan fingerprint density at radius 2 is 2.38 bits per heavy atom. The van der Waals surface area contributed by atoms with Crippen molar-refractivity contribution in [1.82, 2.24) is 5.48 Å². The largest absolute Gasteiger partial charge is 0.358 e. The molecule has 0 aliphatic carbocycles. The molecule has 0 saturated heterocycles. The van der Waals surface area contributed by atoms with Crippen molar-refractivity contribution in [2.75, 3.05) is 0 Å². The van der Waals surface area contributed by atoms with Crippen molar-refractivity contribution in [1.29, 1.82) is 0 Å². The van der Waals surface area contributed by atoms with Gasteiger partial charge in [-0.2, -0.15) is 0 Å². The Hall–Kier alpha value is -0.770. The van der Waals surface area contributed by atoms with Crippen molar-refractivity contribution < 1.29 is 4.84 Å². The molecule has 3 nitrogen and oxygen atoms in total. The van der Waals surface area contributed by atoms with E-state index in [1.165, 1.54) is 0 Å². The fraction of sp³-hybridized carbons (Fsp3) is 0.250. The fourth-order valence-corrected chi connectivity index (χ4v) is 0.179. The average molecular weight is 132 g/mol. The molecule has 3 N–H and O–H groups in total. The van der Waals surface area contributed by atoms with Crippen molar-refractivity contribution in [3.8, 4) is 0 Å². The summed E-state index contributed by atoms with van der Waals surface area (Å²) in [6, 6.07) is 0. The molecule has 0 bridgehead atoms. The van der Waals surface area contributed by atoms with Crippen LogP contribution < -0.4 is 11.2 Å². The number of hydrogen-bond donors (Lipinski definition) is 2. The van der Waals surface area contributed by atoms with E-state index in [9.17, 15) is 0 Å².